The number of hydrogen-bond donors (Lipinski definition) is 1. The molecule has 1 N–H and O–H groups in total. The number of benzene rings is 1. The Kier molecular flexibility index (Phi) is 3.08. The molecule has 0 bridgehead atoms. The van der Waals surface area contributed by atoms with Crippen molar-refractivity contribution in [1.82, 2.24) is 0 Å². The second-order valence-corrected chi connectivity index (χ2v) is 5.95. The van der Waals surface area contributed by atoms with Gasteiger partial charge in [-0.1, -0.05) is 26.0 Å². The first kappa shape index (κ1) is 11.0. The Balaban J connectivity index is 2.36. The van der Waals surface area contributed by atoms with Crippen molar-refractivity contribution in [3.8, 4) is 0 Å². The first-order valence-electron chi connectivity index (χ1n) is 5.50. The predicted octanol–water partition coefficient (Wildman–Crippen LogP) is 2.99. The van der Waals surface area contributed by atoms with Crippen molar-refractivity contribution in [1.29, 1.82) is 0 Å². The van der Waals surface area contributed by atoms with Crippen LogP contribution in [0.15, 0.2) is 23.1 Å². The van der Waals surface area contributed by atoms with Gasteiger partial charge in [-0.15, -0.1) is 11.8 Å². The van der Waals surface area contributed by atoms with Crippen molar-refractivity contribution < 1.29 is 5.11 Å². The van der Waals surface area contributed by atoms with Gasteiger partial charge in [0.1, 0.15) is 0 Å². The molecule has 1 aromatic rings. The van der Waals surface area contributed by atoms with E-state index in [9.17, 15) is 5.11 Å². The fourth-order valence-corrected chi connectivity index (χ4v) is 2.93. The second-order valence-electron chi connectivity index (χ2n) is 4.82. The second kappa shape index (κ2) is 4.18. The van der Waals surface area contributed by atoms with E-state index in [2.05, 4.69) is 32.0 Å². The molecule has 0 saturated carbocycles. The summed E-state index contributed by atoms with van der Waals surface area (Å²) in [5.41, 5.74) is 2.61. The maximum atomic E-state index is 9.34. The lowest BCUT2D eigenvalue weighted by Gasteiger charge is -2.25. The summed E-state index contributed by atoms with van der Waals surface area (Å²) in [5.74, 6) is 1.23. The highest BCUT2D eigenvalue weighted by molar-refractivity contribution is 7.99. The maximum Gasteiger partial charge on any atom is 0.0522 e. The van der Waals surface area contributed by atoms with Crippen LogP contribution in [0.25, 0.3) is 0 Å². The number of fused-ring (bicyclic) bond motifs is 1. The molecule has 0 aliphatic carbocycles. The van der Waals surface area contributed by atoms with Crippen molar-refractivity contribution in [3.05, 3.63) is 29.3 Å². The number of aliphatic hydroxyl groups is 1. The molecule has 0 fully saturated rings. The molecule has 0 aromatic heterocycles. The van der Waals surface area contributed by atoms with Crippen LogP contribution < -0.4 is 0 Å². The Morgan fingerprint density at radius 1 is 1.40 bits per heavy atom. The molecule has 1 heterocycles. The van der Waals surface area contributed by atoms with E-state index in [1.165, 1.54) is 34.6 Å². The third kappa shape index (κ3) is 2.21. The van der Waals surface area contributed by atoms with Crippen LogP contribution in [0.1, 0.15) is 31.4 Å². The van der Waals surface area contributed by atoms with Gasteiger partial charge >= 0.3 is 0 Å². The topological polar surface area (TPSA) is 20.2 Å². The van der Waals surface area contributed by atoms with Crippen molar-refractivity contribution >= 4 is 11.8 Å². The van der Waals surface area contributed by atoms with Crippen LogP contribution in [0.2, 0.25) is 0 Å². The van der Waals surface area contributed by atoms with Crippen molar-refractivity contribution in [2.75, 3.05) is 12.4 Å². The molecule has 0 saturated heterocycles. The Bertz CT molecular complexity index is 358. The van der Waals surface area contributed by atoms with Crippen molar-refractivity contribution in [2.45, 2.75) is 37.0 Å². The summed E-state index contributed by atoms with van der Waals surface area (Å²) >= 11 is 1.95. The lowest BCUT2D eigenvalue weighted by molar-refractivity contribution is 0.218. The zero-order chi connectivity index (χ0) is 10.9. The summed E-state index contributed by atoms with van der Waals surface area (Å²) in [4.78, 5) is 1.42. The van der Waals surface area contributed by atoms with E-state index in [1.807, 2.05) is 11.8 Å². The Morgan fingerprint density at radius 2 is 2.20 bits per heavy atom. The van der Waals surface area contributed by atoms with E-state index < -0.39 is 0 Å². The van der Waals surface area contributed by atoms with E-state index in [1.54, 1.807) is 0 Å². The minimum Gasteiger partial charge on any atom is -0.395 e. The zero-order valence-electron chi connectivity index (χ0n) is 9.42. The van der Waals surface area contributed by atoms with Crippen molar-refractivity contribution in [3.63, 3.8) is 0 Å². The largest absolute Gasteiger partial charge is 0.395 e. The molecule has 0 atom stereocenters. The Morgan fingerprint density at radius 3 is 2.93 bits per heavy atom. The summed E-state index contributed by atoms with van der Waals surface area (Å²) in [6.07, 6.45) is 2.50. The first-order chi connectivity index (χ1) is 7.13. The highest BCUT2D eigenvalue weighted by atomic mass is 32.2. The number of aliphatic hydroxyl groups excluding tert-OH is 1. The summed E-state index contributed by atoms with van der Waals surface area (Å²) in [5, 5.41) is 9.34. The number of hydrogen-bond acceptors (Lipinski definition) is 2. The zero-order valence-corrected chi connectivity index (χ0v) is 10.2. The van der Waals surface area contributed by atoms with Gasteiger partial charge in [-0.2, -0.15) is 0 Å². The van der Waals surface area contributed by atoms with Crippen molar-refractivity contribution in [2.24, 2.45) is 0 Å². The molecule has 0 unspecified atom stereocenters. The molecule has 1 nitrogen and oxygen atoms in total. The lowest BCUT2D eigenvalue weighted by atomic mass is 9.85. The van der Waals surface area contributed by atoms with Crippen LogP contribution in [0.5, 0.6) is 0 Å². The molecule has 1 aliphatic rings. The number of aryl methyl sites for hydroxylation is 1. The van der Waals surface area contributed by atoms with E-state index in [0.717, 1.165) is 0 Å². The maximum absolute atomic E-state index is 9.34. The molecule has 2 heteroatoms. The van der Waals surface area contributed by atoms with Crippen LogP contribution >= 0.6 is 11.8 Å². The summed E-state index contributed by atoms with van der Waals surface area (Å²) < 4.78 is 0. The van der Waals surface area contributed by atoms with Gasteiger partial charge < -0.3 is 5.11 Å². The molecule has 2 rings (SSSR count). The number of rotatable bonds is 2. The molecular weight excluding hydrogens is 204 g/mol. The normalized spacial score (nSPS) is 16.2. The fourth-order valence-electron chi connectivity index (χ4n) is 1.85. The summed E-state index contributed by atoms with van der Waals surface area (Å²) in [6, 6.07) is 6.66. The summed E-state index contributed by atoms with van der Waals surface area (Å²) in [6.45, 7) is 4.38. The lowest BCUT2D eigenvalue weighted by Crippen LogP contribution is -2.22. The quantitative estimate of drug-likeness (QED) is 0.830. The first-order valence-corrected chi connectivity index (χ1v) is 6.49. The number of thioether (sulfide) groups is 1. The van der Waals surface area contributed by atoms with Gasteiger partial charge in [0.25, 0.3) is 0 Å². The van der Waals surface area contributed by atoms with E-state index in [4.69, 9.17) is 0 Å². The van der Waals surface area contributed by atoms with Gasteiger partial charge in [-0.25, -0.2) is 0 Å². The van der Waals surface area contributed by atoms with E-state index in [0.29, 0.717) is 0 Å². The van der Waals surface area contributed by atoms with Gasteiger partial charge in [0, 0.05) is 10.3 Å². The standard InChI is InChI=1S/C13H18OS/c1-13(2,9-14)11-6-5-10-4-3-7-15-12(10)8-11/h5-6,8,14H,3-4,7,9H2,1-2H3. The van der Waals surface area contributed by atoms with Crippen LogP contribution in [0.3, 0.4) is 0 Å². The fraction of sp³-hybridized carbons (Fsp3) is 0.538. The molecule has 1 aliphatic heterocycles. The predicted molar refractivity (Wildman–Crippen MR) is 65.6 cm³/mol. The molecule has 0 amide bonds. The highest BCUT2D eigenvalue weighted by Crippen LogP contribution is 2.33. The van der Waals surface area contributed by atoms with E-state index in [-0.39, 0.29) is 12.0 Å². The molecule has 15 heavy (non-hydrogen) atoms. The average molecular weight is 222 g/mol. The average Bonchev–Trinajstić information content (AvgIpc) is 2.28. The van der Waals surface area contributed by atoms with Crippen LogP contribution in [0, 0.1) is 0 Å². The van der Waals surface area contributed by atoms with Crippen LogP contribution in [-0.2, 0) is 11.8 Å². The Hall–Kier alpha value is -0.470. The van der Waals surface area contributed by atoms with Gasteiger partial charge in [0.15, 0.2) is 0 Å². The monoisotopic (exact) mass is 222 g/mol. The molecule has 1 aromatic carbocycles. The molecule has 0 radical (unpaired) electrons. The minimum atomic E-state index is -0.118. The van der Waals surface area contributed by atoms with Gasteiger partial charge in [-0.05, 0) is 35.8 Å². The molecular formula is C13H18OS. The minimum absolute atomic E-state index is 0.118. The molecule has 0 spiro atoms. The van der Waals surface area contributed by atoms with Gasteiger partial charge in [-0.3, -0.25) is 0 Å². The third-order valence-electron chi connectivity index (χ3n) is 3.09. The Labute approximate surface area is 95.9 Å². The van der Waals surface area contributed by atoms with E-state index >= 15 is 0 Å². The SMILES string of the molecule is CC(C)(CO)c1ccc2c(c1)SCCC2. The summed E-state index contributed by atoms with van der Waals surface area (Å²) in [7, 11) is 0. The van der Waals surface area contributed by atoms with Gasteiger partial charge in [0.2, 0.25) is 0 Å². The van der Waals surface area contributed by atoms with Crippen LogP contribution in [0.4, 0.5) is 0 Å². The smallest absolute Gasteiger partial charge is 0.0522 e. The molecule has 82 valence electrons. The van der Waals surface area contributed by atoms with Crippen LogP contribution in [-0.4, -0.2) is 17.5 Å². The highest BCUT2D eigenvalue weighted by Gasteiger charge is 2.21. The third-order valence-corrected chi connectivity index (χ3v) is 4.28. The van der Waals surface area contributed by atoms with Gasteiger partial charge in [0.05, 0.1) is 6.61 Å².